The molecular weight excluding hydrogens is 234 g/mol. The quantitative estimate of drug-likeness (QED) is 0.770. The van der Waals surface area contributed by atoms with E-state index < -0.39 is 12.0 Å². The lowest BCUT2D eigenvalue weighted by Gasteiger charge is -2.37. The van der Waals surface area contributed by atoms with Gasteiger partial charge in [-0.1, -0.05) is 6.92 Å². The van der Waals surface area contributed by atoms with Crippen LogP contribution in [0.2, 0.25) is 0 Å². The van der Waals surface area contributed by atoms with Gasteiger partial charge in [-0.2, -0.15) is 0 Å². The third-order valence-corrected chi connectivity index (χ3v) is 3.87. The van der Waals surface area contributed by atoms with Gasteiger partial charge in [0.15, 0.2) is 0 Å². The number of urea groups is 1. The van der Waals surface area contributed by atoms with Gasteiger partial charge in [0.05, 0.1) is 0 Å². The molecule has 0 aromatic heterocycles. The average Bonchev–Trinajstić information content (AvgIpc) is 2.87. The van der Waals surface area contributed by atoms with Gasteiger partial charge >= 0.3 is 12.0 Å². The van der Waals surface area contributed by atoms with E-state index in [4.69, 9.17) is 5.11 Å². The monoisotopic (exact) mass is 255 g/mol. The van der Waals surface area contributed by atoms with Crippen molar-refractivity contribution in [3.05, 3.63) is 0 Å². The molecule has 18 heavy (non-hydrogen) atoms. The van der Waals surface area contributed by atoms with Gasteiger partial charge in [-0.15, -0.1) is 0 Å². The standard InChI is InChI=1S/C12H21N3O3/c1-2-13-6-8-14(9-7-13)12(18)15-5-3-4-10(15)11(16)17/h10H,2-9H2,1H3,(H,16,17). The molecule has 0 aliphatic carbocycles. The van der Waals surface area contributed by atoms with Crippen molar-refractivity contribution in [1.82, 2.24) is 14.7 Å². The number of hydrogen-bond acceptors (Lipinski definition) is 3. The Balaban J connectivity index is 1.93. The minimum Gasteiger partial charge on any atom is -0.480 e. The molecular formula is C12H21N3O3. The van der Waals surface area contributed by atoms with Crippen molar-refractivity contribution in [2.24, 2.45) is 0 Å². The van der Waals surface area contributed by atoms with Crippen LogP contribution < -0.4 is 0 Å². The van der Waals surface area contributed by atoms with Gasteiger partial charge < -0.3 is 19.8 Å². The highest BCUT2D eigenvalue weighted by Crippen LogP contribution is 2.19. The summed E-state index contributed by atoms with van der Waals surface area (Å²) in [6, 6.07) is -0.725. The molecule has 2 heterocycles. The van der Waals surface area contributed by atoms with Gasteiger partial charge in [0.2, 0.25) is 0 Å². The fourth-order valence-corrected chi connectivity index (χ4v) is 2.69. The zero-order valence-electron chi connectivity index (χ0n) is 10.8. The van der Waals surface area contributed by atoms with E-state index in [0.29, 0.717) is 26.1 Å². The second-order valence-electron chi connectivity index (χ2n) is 4.89. The van der Waals surface area contributed by atoms with Crippen molar-refractivity contribution < 1.29 is 14.7 Å². The highest BCUT2D eigenvalue weighted by Gasteiger charge is 2.36. The molecule has 6 heteroatoms. The van der Waals surface area contributed by atoms with Crippen LogP contribution in [0.1, 0.15) is 19.8 Å². The largest absolute Gasteiger partial charge is 0.480 e. The van der Waals surface area contributed by atoms with Gasteiger partial charge in [-0.3, -0.25) is 0 Å². The van der Waals surface area contributed by atoms with E-state index in [2.05, 4.69) is 11.8 Å². The number of carboxylic acid groups (broad SMARTS) is 1. The zero-order chi connectivity index (χ0) is 13.1. The van der Waals surface area contributed by atoms with E-state index in [1.54, 1.807) is 4.90 Å². The summed E-state index contributed by atoms with van der Waals surface area (Å²) in [4.78, 5) is 29.0. The lowest BCUT2D eigenvalue weighted by atomic mass is 10.2. The third kappa shape index (κ3) is 2.58. The summed E-state index contributed by atoms with van der Waals surface area (Å²) in [5.74, 6) is -0.881. The first-order chi connectivity index (χ1) is 8.63. The van der Waals surface area contributed by atoms with Crippen molar-refractivity contribution in [2.75, 3.05) is 39.3 Å². The Kier molecular flexibility index (Phi) is 4.06. The summed E-state index contributed by atoms with van der Waals surface area (Å²) < 4.78 is 0. The van der Waals surface area contributed by atoms with Gasteiger partial charge in [-0.25, -0.2) is 9.59 Å². The Morgan fingerprint density at radius 3 is 2.39 bits per heavy atom. The van der Waals surface area contributed by atoms with Crippen LogP contribution in [0.3, 0.4) is 0 Å². The topological polar surface area (TPSA) is 64.1 Å². The maximum Gasteiger partial charge on any atom is 0.326 e. The number of aliphatic carboxylic acids is 1. The molecule has 1 N–H and O–H groups in total. The van der Waals surface area contributed by atoms with E-state index in [9.17, 15) is 9.59 Å². The molecule has 0 bridgehead atoms. The van der Waals surface area contributed by atoms with Crippen molar-refractivity contribution in [3.8, 4) is 0 Å². The summed E-state index contributed by atoms with van der Waals surface area (Å²) in [6.07, 6.45) is 1.37. The minimum absolute atomic E-state index is 0.101. The van der Waals surface area contributed by atoms with Crippen LogP contribution in [0, 0.1) is 0 Å². The summed E-state index contributed by atoms with van der Waals surface area (Å²) in [7, 11) is 0. The summed E-state index contributed by atoms with van der Waals surface area (Å²) in [5, 5.41) is 9.09. The van der Waals surface area contributed by atoms with Crippen LogP contribution in [0.5, 0.6) is 0 Å². The molecule has 102 valence electrons. The fourth-order valence-electron chi connectivity index (χ4n) is 2.69. The summed E-state index contributed by atoms with van der Waals surface area (Å²) in [6.45, 7) is 6.86. The third-order valence-electron chi connectivity index (χ3n) is 3.87. The normalized spacial score (nSPS) is 25.5. The number of amides is 2. The van der Waals surface area contributed by atoms with Gasteiger partial charge in [-0.05, 0) is 19.4 Å². The lowest BCUT2D eigenvalue weighted by Crippen LogP contribution is -2.54. The van der Waals surface area contributed by atoms with E-state index in [1.807, 2.05) is 0 Å². The number of carboxylic acids is 1. The average molecular weight is 255 g/mol. The number of carbonyl (C=O) groups is 2. The van der Waals surface area contributed by atoms with Crippen LogP contribution in [-0.4, -0.2) is 77.1 Å². The van der Waals surface area contributed by atoms with Crippen LogP contribution in [0.25, 0.3) is 0 Å². The van der Waals surface area contributed by atoms with Crippen molar-refractivity contribution in [2.45, 2.75) is 25.8 Å². The Hall–Kier alpha value is -1.30. The number of piperazine rings is 1. The Morgan fingerprint density at radius 1 is 1.17 bits per heavy atom. The lowest BCUT2D eigenvalue weighted by molar-refractivity contribution is -0.141. The maximum atomic E-state index is 12.3. The number of likely N-dealkylation sites (N-methyl/N-ethyl adjacent to an activating group) is 1. The number of carbonyl (C=O) groups excluding carboxylic acids is 1. The van der Waals surface area contributed by atoms with Crippen molar-refractivity contribution in [3.63, 3.8) is 0 Å². The predicted octanol–water partition coefficient (Wildman–Crippen LogP) is 0.293. The second kappa shape index (κ2) is 5.56. The number of nitrogens with zero attached hydrogens (tertiary/aromatic N) is 3. The zero-order valence-corrected chi connectivity index (χ0v) is 10.8. The SMILES string of the molecule is CCN1CCN(C(=O)N2CCCC2C(=O)O)CC1. The first-order valence-electron chi connectivity index (χ1n) is 6.64. The highest BCUT2D eigenvalue weighted by atomic mass is 16.4. The van der Waals surface area contributed by atoms with Gasteiger partial charge in [0.1, 0.15) is 6.04 Å². The van der Waals surface area contributed by atoms with E-state index >= 15 is 0 Å². The smallest absolute Gasteiger partial charge is 0.326 e. The van der Waals surface area contributed by atoms with Crippen LogP contribution in [-0.2, 0) is 4.79 Å². The molecule has 2 saturated heterocycles. The summed E-state index contributed by atoms with van der Waals surface area (Å²) >= 11 is 0. The maximum absolute atomic E-state index is 12.3. The Bertz CT molecular complexity index is 327. The number of rotatable bonds is 2. The molecule has 2 amide bonds. The molecule has 0 aromatic carbocycles. The first kappa shape index (κ1) is 13.1. The molecule has 1 unspecified atom stereocenters. The van der Waals surface area contributed by atoms with Crippen LogP contribution >= 0.6 is 0 Å². The first-order valence-corrected chi connectivity index (χ1v) is 6.64. The Morgan fingerprint density at radius 2 is 1.83 bits per heavy atom. The van der Waals surface area contributed by atoms with E-state index in [1.165, 1.54) is 4.90 Å². The van der Waals surface area contributed by atoms with Crippen molar-refractivity contribution in [1.29, 1.82) is 0 Å². The molecule has 2 aliphatic rings. The highest BCUT2D eigenvalue weighted by molar-refractivity contribution is 5.83. The molecule has 0 radical (unpaired) electrons. The molecule has 6 nitrogen and oxygen atoms in total. The molecule has 2 aliphatic heterocycles. The van der Waals surface area contributed by atoms with Crippen molar-refractivity contribution >= 4 is 12.0 Å². The van der Waals surface area contributed by atoms with E-state index in [-0.39, 0.29) is 6.03 Å². The molecule has 0 saturated carbocycles. The summed E-state index contributed by atoms with van der Waals surface area (Å²) in [5.41, 5.74) is 0. The number of hydrogen-bond donors (Lipinski definition) is 1. The number of likely N-dealkylation sites (tertiary alicyclic amines) is 1. The molecule has 2 rings (SSSR count). The fraction of sp³-hybridized carbons (Fsp3) is 0.833. The predicted molar refractivity (Wildman–Crippen MR) is 66.4 cm³/mol. The molecule has 0 aromatic rings. The molecule has 0 spiro atoms. The molecule has 2 fully saturated rings. The van der Waals surface area contributed by atoms with Gasteiger partial charge in [0.25, 0.3) is 0 Å². The second-order valence-corrected chi connectivity index (χ2v) is 4.89. The molecule has 1 atom stereocenters. The minimum atomic E-state index is -0.881. The van der Waals surface area contributed by atoms with E-state index in [0.717, 1.165) is 26.1 Å². The van der Waals surface area contributed by atoms with Gasteiger partial charge in [0, 0.05) is 32.7 Å². The van der Waals surface area contributed by atoms with Crippen LogP contribution in [0.15, 0.2) is 0 Å². The van der Waals surface area contributed by atoms with Crippen LogP contribution in [0.4, 0.5) is 4.79 Å². The Labute approximate surface area is 107 Å².